The Morgan fingerprint density at radius 1 is 0.958 bits per heavy atom. The Bertz CT molecular complexity index is 706. The van der Waals surface area contributed by atoms with Crippen LogP contribution in [-0.2, 0) is 14.3 Å². The van der Waals surface area contributed by atoms with Crippen molar-refractivity contribution in [2.24, 2.45) is 5.92 Å². The van der Waals surface area contributed by atoms with Crippen LogP contribution in [0, 0.1) is 5.92 Å². The van der Waals surface area contributed by atoms with Crippen LogP contribution in [0.15, 0.2) is 60.7 Å². The van der Waals surface area contributed by atoms with Crippen LogP contribution in [0.3, 0.4) is 0 Å². The second kappa shape index (κ2) is 7.00. The lowest BCUT2D eigenvalue weighted by molar-refractivity contribution is -0.154. The van der Waals surface area contributed by atoms with Crippen molar-refractivity contribution in [3.05, 3.63) is 71.8 Å². The molecular formula is C21H22O3. The van der Waals surface area contributed by atoms with Crippen molar-refractivity contribution < 1.29 is 14.3 Å². The minimum atomic E-state index is -0.722. The molecule has 2 aromatic carbocycles. The van der Waals surface area contributed by atoms with Gasteiger partial charge in [0.05, 0.1) is 6.10 Å². The molecule has 3 nitrogen and oxygen atoms in total. The topological polar surface area (TPSA) is 43.4 Å². The van der Waals surface area contributed by atoms with Crippen LogP contribution >= 0.6 is 0 Å². The summed E-state index contributed by atoms with van der Waals surface area (Å²) in [5.74, 6) is -1.32. The summed E-state index contributed by atoms with van der Waals surface area (Å²) in [4.78, 5) is 25.2. The van der Waals surface area contributed by atoms with E-state index in [1.807, 2.05) is 74.5 Å². The van der Waals surface area contributed by atoms with Crippen molar-refractivity contribution in [2.45, 2.75) is 38.2 Å². The first-order valence-electron chi connectivity index (χ1n) is 8.41. The molecular weight excluding hydrogens is 300 g/mol. The van der Waals surface area contributed by atoms with Crippen molar-refractivity contribution in [3.8, 4) is 0 Å². The summed E-state index contributed by atoms with van der Waals surface area (Å²) in [6.07, 6.45) is 0.152. The summed E-state index contributed by atoms with van der Waals surface area (Å²) in [5.41, 5.74) is 2.11. The molecule has 2 aromatic rings. The summed E-state index contributed by atoms with van der Waals surface area (Å²) in [5, 5.41) is 0. The molecule has 0 amide bonds. The summed E-state index contributed by atoms with van der Waals surface area (Å²) in [6, 6.07) is 19.8. The predicted molar refractivity (Wildman–Crippen MR) is 92.7 cm³/mol. The second-order valence-corrected chi connectivity index (χ2v) is 6.59. The molecule has 1 fully saturated rings. The van der Waals surface area contributed by atoms with Gasteiger partial charge in [-0.1, -0.05) is 60.7 Å². The third-order valence-corrected chi connectivity index (χ3v) is 4.58. The Morgan fingerprint density at radius 3 is 2.04 bits per heavy atom. The van der Waals surface area contributed by atoms with Gasteiger partial charge in [0, 0.05) is 12.3 Å². The van der Waals surface area contributed by atoms with E-state index in [0.717, 1.165) is 11.1 Å². The molecule has 1 saturated carbocycles. The van der Waals surface area contributed by atoms with Crippen molar-refractivity contribution in [1.82, 2.24) is 0 Å². The van der Waals surface area contributed by atoms with Gasteiger partial charge in [-0.05, 0) is 30.9 Å². The molecule has 0 spiro atoms. The van der Waals surface area contributed by atoms with E-state index in [0.29, 0.717) is 6.42 Å². The van der Waals surface area contributed by atoms with Gasteiger partial charge < -0.3 is 4.74 Å². The zero-order valence-electron chi connectivity index (χ0n) is 14.0. The van der Waals surface area contributed by atoms with E-state index in [9.17, 15) is 9.59 Å². The van der Waals surface area contributed by atoms with Gasteiger partial charge in [-0.15, -0.1) is 0 Å². The molecule has 0 heterocycles. The Balaban J connectivity index is 2.02. The van der Waals surface area contributed by atoms with Crippen molar-refractivity contribution >= 4 is 11.8 Å². The first-order chi connectivity index (χ1) is 11.6. The van der Waals surface area contributed by atoms with Crippen molar-refractivity contribution in [2.75, 3.05) is 0 Å². The average molecular weight is 322 g/mol. The molecule has 0 aliphatic heterocycles. The van der Waals surface area contributed by atoms with Crippen LogP contribution in [0.1, 0.15) is 43.2 Å². The van der Waals surface area contributed by atoms with E-state index in [1.165, 1.54) is 0 Å². The zero-order valence-corrected chi connectivity index (χ0v) is 14.0. The number of Topliss-reactive ketones (excluding diaryl/α,β-unsaturated/α-hetero) is 1. The van der Waals surface area contributed by atoms with Crippen LogP contribution in [0.2, 0.25) is 0 Å². The molecule has 0 unspecified atom stereocenters. The van der Waals surface area contributed by atoms with Gasteiger partial charge in [-0.3, -0.25) is 9.59 Å². The maximum absolute atomic E-state index is 12.7. The first-order valence-corrected chi connectivity index (χ1v) is 8.41. The molecule has 0 bridgehead atoms. The lowest BCUT2D eigenvalue weighted by Gasteiger charge is -2.24. The largest absolute Gasteiger partial charge is 0.462 e. The van der Waals surface area contributed by atoms with Gasteiger partial charge >= 0.3 is 5.97 Å². The first kappa shape index (κ1) is 16.4. The molecule has 1 aliphatic rings. The fourth-order valence-corrected chi connectivity index (χ4v) is 3.61. The minimum absolute atomic E-state index is 0.00538. The predicted octanol–water partition coefficient (Wildman–Crippen LogP) is 4.09. The van der Waals surface area contributed by atoms with E-state index < -0.39 is 11.9 Å². The van der Waals surface area contributed by atoms with Gasteiger partial charge in [0.1, 0.15) is 11.7 Å². The number of rotatable bonds is 4. The SMILES string of the molecule is CC(C)OC(=O)[C@H]1C(=O)C[C@@H](c2ccccc2)[C@H]1c1ccccc1. The highest BCUT2D eigenvalue weighted by molar-refractivity contribution is 6.02. The molecule has 3 heteroatoms. The molecule has 0 saturated heterocycles. The average Bonchev–Trinajstić information content (AvgIpc) is 2.93. The molecule has 124 valence electrons. The number of hydrogen-bond acceptors (Lipinski definition) is 3. The van der Waals surface area contributed by atoms with Gasteiger partial charge in [-0.25, -0.2) is 0 Å². The quantitative estimate of drug-likeness (QED) is 0.629. The fraction of sp³-hybridized carbons (Fsp3) is 0.333. The number of hydrogen-bond donors (Lipinski definition) is 0. The van der Waals surface area contributed by atoms with Gasteiger partial charge in [-0.2, -0.15) is 0 Å². The van der Waals surface area contributed by atoms with Gasteiger partial charge in [0.25, 0.3) is 0 Å². The Morgan fingerprint density at radius 2 is 1.50 bits per heavy atom. The molecule has 1 aliphatic carbocycles. The van der Waals surface area contributed by atoms with Crippen LogP contribution < -0.4 is 0 Å². The minimum Gasteiger partial charge on any atom is -0.462 e. The number of carbonyl (C=O) groups is 2. The smallest absolute Gasteiger partial charge is 0.317 e. The van der Waals surface area contributed by atoms with E-state index in [4.69, 9.17) is 4.74 Å². The maximum Gasteiger partial charge on any atom is 0.317 e. The molecule has 3 atom stereocenters. The standard InChI is InChI=1S/C21H22O3/c1-14(2)24-21(23)20-18(22)13-17(15-9-5-3-6-10-15)19(20)16-11-7-4-8-12-16/h3-12,14,17,19-20H,13H2,1-2H3/t17-,19+,20-/m0/s1. The van der Waals surface area contributed by atoms with E-state index in [-0.39, 0.29) is 23.7 Å². The highest BCUT2D eigenvalue weighted by Gasteiger charge is 2.48. The number of esters is 1. The van der Waals surface area contributed by atoms with Crippen LogP contribution in [-0.4, -0.2) is 17.9 Å². The summed E-state index contributed by atoms with van der Waals surface area (Å²) in [6.45, 7) is 3.62. The zero-order chi connectivity index (χ0) is 17.1. The lowest BCUT2D eigenvalue weighted by atomic mass is 9.80. The molecule has 0 N–H and O–H groups in total. The highest BCUT2D eigenvalue weighted by Crippen LogP contribution is 2.48. The normalized spacial score (nSPS) is 23.5. The maximum atomic E-state index is 12.7. The number of ketones is 1. The van der Waals surface area contributed by atoms with Gasteiger partial charge in [0.15, 0.2) is 0 Å². The molecule has 24 heavy (non-hydrogen) atoms. The molecule has 3 rings (SSSR count). The molecule has 0 radical (unpaired) electrons. The van der Waals surface area contributed by atoms with E-state index >= 15 is 0 Å². The highest BCUT2D eigenvalue weighted by atomic mass is 16.5. The summed E-state index contributed by atoms with van der Waals surface area (Å²) in [7, 11) is 0. The number of benzene rings is 2. The van der Waals surface area contributed by atoms with E-state index in [2.05, 4.69) is 0 Å². The summed E-state index contributed by atoms with van der Waals surface area (Å²) < 4.78 is 5.38. The Kier molecular flexibility index (Phi) is 4.79. The Hall–Kier alpha value is -2.42. The van der Waals surface area contributed by atoms with Crippen molar-refractivity contribution in [1.29, 1.82) is 0 Å². The summed E-state index contributed by atoms with van der Waals surface area (Å²) >= 11 is 0. The third kappa shape index (κ3) is 3.25. The third-order valence-electron chi connectivity index (χ3n) is 4.58. The fourth-order valence-electron chi connectivity index (χ4n) is 3.61. The Labute approximate surface area is 142 Å². The number of carbonyl (C=O) groups excluding carboxylic acids is 2. The number of ether oxygens (including phenoxy) is 1. The second-order valence-electron chi connectivity index (χ2n) is 6.59. The lowest BCUT2D eigenvalue weighted by Crippen LogP contribution is -2.28. The molecule has 0 aromatic heterocycles. The van der Waals surface area contributed by atoms with Gasteiger partial charge in [0.2, 0.25) is 0 Å². The van der Waals surface area contributed by atoms with Crippen LogP contribution in [0.4, 0.5) is 0 Å². The van der Waals surface area contributed by atoms with Crippen LogP contribution in [0.25, 0.3) is 0 Å². The van der Waals surface area contributed by atoms with Crippen molar-refractivity contribution in [3.63, 3.8) is 0 Å². The van der Waals surface area contributed by atoms with E-state index in [1.54, 1.807) is 0 Å². The monoisotopic (exact) mass is 322 g/mol. The van der Waals surface area contributed by atoms with Crippen LogP contribution in [0.5, 0.6) is 0 Å².